The zero-order valence-corrected chi connectivity index (χ0v) is 10.7. The number of pyridine rings is 1. The number of H-pyrrole nitrogens is 1. The molecule has 3 aromatic rings. The number of nitrogens with one attached hydrogen (secondary N) is 1. The lowest BCUT2D eigenvalue weighted by Crippen LogP contribution is -1.90. The molecule has 0 spiro atoms. The molecule has 4 heteroatoms. The summed E-state index contributed by atoms with van der Waals surface area (Å²) in [5.74, 6) is 0. The zero-order chi connectivity index (χ0) is 12.5. The van der Waals surface area contributed by atoms with Crippen molar-refractivity contribution in [1.82, 2.24) is 15.0 Å². The minimum Gasteiger partial charge on any atom is -0.335 e. The van der Waals surface area contributed by atoms with Crippen molar-refractivity contribution >= 4 is 23.1 Å². The molecule has 0 radical (unpaired) electrons. The maximum atomic E-state index is 5.10. The Morgan fingerprint density at radius 3 is 2.89 bits per heavy atom. The Labute approximate surface area is 110 Å². The van der Waals surface area contributed by atoms with E-state index in [9.17, 15) is 0 Å². The molecule has 0 aliphatic heterocycles. The number of benzene rings is 1. The van der Waals surface area contributed by atoms with E-state index in [0.29, 0.717) is 4.77 Å². The van der Waals surface area contributed by atoms with E-state index >= 15 is 0 Å². The Kier molecular flexibility index (Phi) is 2.64. The number of hydrogen-bond donors (Lipinski definition) is 1. The molecular formula is C14H11N3S. The highest BCUT2D eigenvalue weighted by molar-refractivity contribution is 7.71. The number of nitrogens with zero attached hydrogens (tertiary/aromatic N) is 2. The molecule has 0 amide bonds. The van der Waals surface area contributed by atoms with Gasteiger partial charge in [-0.1, -0.05) is 12.1 Å². The maximum absolute atomic E-state index is 5.10. The van der Waals surface area contributed by atoms with Crippen molar-refractivity contribution in [3.63, 3.8) is 0 Å². The second-order valence-corrected chi connectivity index (χ2v) is 4.55. The number of aromatic nitrogens is 3. The fourth-order valence-electron chi connectivity index (χ4n) is 1.96. The van der Waals surface area contributed by atoms with Crippen molar-refractivity contribution in [3.05, 3.63) is 53.1 Å². The van der Waals surface area contributed by atoms with Crippen LogP contribution in [0.2, 0.25) is 0 Å². The fraction of sp³-hybridized carbons (Fsp3) is 0.0714. The first-order valence-corrected chi connectivity index (χ1v) is 6.06. The highest BCUT2D eigenvalue weighted by Crippen LogP contribution is 2.21. The molecule has 1 aromatic carbocycles. The minimum absolute atomic E-state index is 0.510. The summed E-state index contributed by atoms with van der Waals surface area (Å²) < 4.78 is 0.510. The van der Waals surface area contributed by atoms with Crippen LogP contribution in [0, 0.1) is 11.7 Å². The van der Waals surface area contributed by atoms with Gasteiger partial charge in [0.15, 0.2) is 4.77 Å². The molecule has 0 unspecified atom stereocenters. The number of aromatic amines is 1. The van der Waals surface area contributed by atoms with Gasteiger partial charge in [-0.25, -0.2) is 4.98 Å². The third-order valence-corrected chi connectivity index (χ3v) is 2.97. The third kappa shape index (κ3) is 2.02. The van der Waals surface area contributed by atoms with Crippen LogP contribution in [0.1, 0.15) is 5.69 Å². The molecule has 0 saturated carbocycles. The molecule has 1 N–H and O–H groups in total. The maximum Gasteiger partial charge on any atom is 0.197 e. The molecule has 0 aliphatic rings. The van der Waals surface area contributed by atoms with E-state index in [4.69, 9.17) is 12.2 Å². The number of hydrogen-bond acceptors (Lipinski definition) is 3. The number of aryl methyl sites for hydroxylation is 1. The molecule has 0 aliphatic carbocycles. The van der Waals surface area contributed by atoms with Crippen molar-refractivity contribution in [3.8, 4) is 11.3 Å². The Morgan fingerprint density at radius 1 is 1.17 bits per heavy atom. The van der Waals surface area contributed by atoms with Crippen LogP contribution in [-0.4, -0.2) is 15.0 Å². The lowest BCUT2D eigenvalue weighted by molar-refractivity contribution is 1.08. The molecule has 0 atom stereocenters. The largest absolute Gasteiger partial charge is 0.335 e. The minimum atomic E-state index is 0.510. The van der Waals surface area contributed by atoms with Gasteiger partial charge in [-0.3, -0.25) is 4.98 Å². The van der Waals surface area contributed by atoms with Gasteiger partial charge < -0.3 is 4.98 Å². The molecule has 88 valence electrons. The molecule has 0 bridgehead atoms. The van der Waals surface area contributed by atoms with E-state index < -0.39 is 0 Å². The predicted octanol–water partition coefficient (Wildman–Crippen LogP) is 3.66. The molecule has 2 heterocycles. The third-order valence-electron chi connectivity index (χ3n) is 2.78. The Balaban J connectivity index is 2.22. The van der Waals surface area contributed by atoms with Crippen LogP contribution < -0.4 is 0 Å². The van der Waals surface area contributed by atoms with E-state index in [2.05, 4.69) is 21.0 Å². The summed E-state index contributed by atoms with van der Waals surface area (Å²) in [5.41, 5.74) is 3.94. The van der Waals surface area contributed by atoms with Crippen LogP contribution in [0.3, 0.4) is 0 Å². The lowest BCUT2D eigenvalue weighted by atomic mass is 10.1. The fourth-order valence-corrected chi connectivity index (χ4v) is 2.22. The van der Waals surface area contributed by atoms with E-state index in [1.807, 2.05) is 37.3 Å². The molecule has 2 aromatic heterocycles. The van der Waals surface area contributed by atoms with E-state index in [-0.39, 0.29) is 0 Å². The van der Waals surface area contributed by atoms with Gasteiger partial charge in [0, 0.05) is 22.8 Å². The van der Waals surface area contributed by atoms with Gasteiger partial charge in [-0.15, -0.1) is 0 Å². The standard InChI is InChI=1S/C14H11N3S/c1-9-7-13(17-14(18)16-9)11-4-5-12-10(8-11)3-2-6-15-12/h2-8H,1H3,(H,16,17,18). The highest BCUT2D eigenvalue weighted by atomic mass is 32.1. The molecule has 0 fully saturated rings. The second kappa shape index (κ2) is 4.31. The van der Waals surface area contributed by atoms with Gasteiger partial charge in [-0.05, 0) is 43.4 Å². The van der Waals surface area contributed by atoms with Crippen molar-refractivity contribution in [2.45, 2.75) is 6.92 Å². The van der Waals surface area contributed by atoms with Crippen molar-refractivity contribution in [2.75, 3.05) is 0 Å². The Bertz CT molecular complexity index is 777. The van der Waals surface area contributed by atoms with Gasteiger partial charge in [0.05, 0.1) is 11.2 Å². The van der Waals surface area contributed by atoms with E-state index in [0.717, 1.165) is 27.9 Å². The van der Waals surface area contributed by atoms with Crippen LogP contribution >= 0.6 is 12.2 Å². The van der Waals surface area contributed by atoms with Crippen molar-refractivity contribution in [1.29, 1.82) is 0 Å². The van der Waals surface area contributed by atoms with E-state index in [1.165, 1.54) is 0 Å². The first-order valence-electron chi connectivity index (χ1n) is 5.65. The van der Waals surface area contributed by atoms with E-state index in [1.54, 1.807) is 6.20 Å². The number of rotatable bonds is 1. The summed E-state index contributed by atoms with van der Waals surface area (Å²) in [5, 5.41) is 1.10. The average Bonchev–Trinajstić information content (AvgIpc) is 2.37. The molecule has 18 heavy (non-hydrogen) atoms. The SMILES string of the molecule is Cc1cc(-c2ccc3ncccc3c2)nc(=S)[nH]1. The van der Waals surface area contributed by atoms with Gasteiger partial charge in [-0.2, -0.15) is 0 Å². The average molecular weight is 253 g/mol. The van der Waals surface area contributed by atoms with Gasteiger partial charge in [0.2, 0.25) is 0 Å². The second-order valence-electron chi connectivity index (χ2n) is 4.17. The van der Waals surface area contributed by atoms with Gasteiger partial charge in [0.1, 0.15) is 0 Å². The summed E-state index contributed by atoms with van der Waals surface area (Å²) in [7, 11) is 0. The van der Waals surface area contributed by atoms with Crippen molar-refractivity contribution in [2.24, 2.45) is 0 Å². The van der Waals surface area contributed by atoms with Crippen LogP contribution in [0.25, 0.3) is 22.2 Å². The Hall–Kier alpha value is -2.07. The number of fused-ring (bicyclic) bond motifs is 1. The summed E-state index contributed by atoms with van der Waals surface area (Å²) in [6.07, 6.45) is 1.79. The van der Waals surface area contributed by atoms with Crippen LogP contribution in [0.4, 0.5) is 0 Å². The first kappa shape index (κ1) is 11.0. The van der Waals surface area contributed by atoms with Crippen molar-refractivity contribution < 1.29 is 0 Å². The van der Waals surface area contributed by atoms with Gasteiger partial charge in [0.25, 0.3) is 0 Å². The quantitative estimate of drug-likeness (QED) is 0.673. The molecule has 0 saturated heterocycles. The molecular weight excluding hydrogens is 242 g/mol. The predicted molar refractivity (Wildman–Crippen MR) is 74.9 cm³/mol. The monoisotopic (exact) mass is 253 g/mol. The summed E-state index contributed by atoms with van der Waals surface area (Å²) in [6, 6.07) is 12.1. The van der Waals surface area contributed by atoms with Crippen LogP contribution in [-0.2, 0) is 0 Å². The summed E-state index contributed by atoms with van der Waals surface area (Å²) in [4.78, 5) is 11.7. The lowest BCUT2D eigenvalue weighted by Gasteiger charge is -2.04. The molecule has 3 nitrogen and oxygen atoms in total. The Morgan fingerprint density at radius 2 is 2.06 bits per heavy atom. The normalized spacial score (nSPS) is 10.7. The topological polar surface area (TPSA) is 41.6 Å². The molecule has 3 rings (SSSR count). The van der Waals surface area contributed by atoms with Crippen LogP contribution in [0.5, 0.6) is 0 Å². The summed E-state index contributed by atoms with van der Waals surface area (Å²) >= 11 is 5.10. The first-order chi connectivity index (χ1) is 8.72. The van der Waals surface area contributed by atoms with Gasteiger partial charge >= 0.3 is 0 Å². The highest BCUT2D eigenvalue weighted by Gasteiger charge is 2.02. The van der Waals surface area contributed by atoms with Crippen LogP contribution in [0.15, 0.2) is 42.6 Å². The smallest absolute Gasteiger partial charge is 0.197 e. The zero-order valence-electron chi connectivity index (χ0n) is 9.84. The summed E-state index contributed by atoms with van der Waals surface area (Å²) in [6.45, 7) is 1.98.